The molecule has 0 spiro atoms. The molecule has 2 aromatic carbocycles. The molecule has 1 fully saturated rings. The highest BCUT2D eigenvalue weighted by atomic mass is 35.5. The molecule has 33 heavy (non-hydrogen) atoms. The number of aromatic nitrogens is 2. The summed E-state index contributed by atoms with van der Waals surface area (Å²) in [5.41, 5.74) is 9.22. The number of thiazole rings is 1. The maximum Gasteiger partial charge on any atom is 0.328 e. The van der Waals surface area contributed by atoms with Crippen LogP contribution in [0.3, 0.4) is 0 Å². The summed E-state index contributed by atoms with van der Waals surface area (Å²) in [4.78, 5) is 19.6. The van der Waals surface area contributed by atoms with Crippen molar-refractivity contribution in [3.63, 3.8) is 0 Å². The number of aliphatic carboxylic acids is 1. The Morgan fingerprint density at radius 1 is 1.09 bits per heavy atom. The molecule has 1 saturated carbocycles. The normalized spacial score (nSPS) is 14.9. The molecule has 0 saturated heterocycles. The molecule has 164 valence electrons. The van der Waals surface area contributed by atoms with E-state index in [0.717, 1.165) is 57.0 Å². The highest BCUT2D eigenvalue weighted by molar-refractivity contribution is 7.16. The summed E-state index contributed by atoms with van der Waals surface area (Å²) in [6.45, 7) is 0. The van der Waals surface area contributed by atoms with Crippen molar-refractivity contribution in [2.24, 2.45) is 5.92 Å². The lowest BCUT2D eigenvalue weighted by Gasteiger charge is -2.32. The molecule has 0 aliphatic heterocycles. The first-order valence-corrected chi connectivity index (χ1v) is 12.0. The number of rotatable bonds is 6. The molecule has 5 rings (SSSR count). The third-order valence-corrected chi connectivity index (χ3v) is 7.19. The molecule has 0 radical (unpaired) electrons. The molecule has 6 heteroatoms. The molecule has 2 heterocycles. The molecule has 4 aromatic rings. The Bertz CT molecular complexity index is 1380. The van der Waals surface area contributed by atoms with Gasteiger partial charge in [-0.1, -0.05) is 48.4 Å². The number of carboxylic acid groups (broad SMARTS) is 1. The van der Waals surface area contributed by atoms with Crippen molar-refractivity contribution in [2.75, 3.05) is 0 Å². The van der Waals surface area contributed by atoms with E-state index in [0.29, 0.717) is 10.9 Å². The third-order valence-electron chi connectivity index (χ3n) is 6.08. The maximum atomic E-state index is 10.9. The third kappa shape index (κ3) is 4.47. The SMILES string of the molecule is O=C(O)C=Cc1ccc(C(=C(c2ccncc2Cl)C2CCC2)c2ccc3scnc3c2)cc1. The molecule has 1 aliphatic carbocycles. The van der Waals surface area contributed by atoms with Gasteiger partial charge in [0.1, 0.15) is 0 Å². The monoisotopic (exact) mass is 472 g/mol. The number of hydrogen-bond acceptors (Lipinski definition) is 4. The van der Waals surface area contributed by atoms with E-state index in [4.69, 9.17) is 16.7 Å². The zero-order valence-corrected chi connectivity index (χ0v) is 19.3. The van der Waals surface area contributed by atoms with Crippen LogP contribution < -0.4 is 0 Å². The van der Waals surface area contributed by atoms with Crippen molar-refractivity contribution < 1.29 is 9.90 Å². The Morgan fingerprint density at radius 3 is 2.58 bits per heavy atom. The second kappa shape index (κ2) is 9.30. The maximum absolute atomic E-state index is 10.9. The van der Waals surface area contributed by atoms with Crippen LogP contribution in [0.5, 0.6) is 0 Å². The van der Waals surface area contributed by atoms with Gasteiger partial charge in [0, 0.05) is 24.0 Å². The van der Waals surface area contributed by atoms with Crippen LogP contribution in [0.25, 0.3) is 27.4 Å². The van der Waals surface area contributed by atoms with Crippen LogP contribution in [0.1, 0.15) is 41.5 Å². The smallest absolute Gasteiger partial charge is 0.328 e. The first-order valence-electron chi connectivity index (χ1n) is 10.8. The van der Waals surface area contributed by atoms with E-state index in [2.05, 4.69) is 40.3 Å². The fraction of sp³-hybridized carbons (Fsp3) is 0.148. The van der Waals surface area contributed by atoms with Crippen LogP contribution in [-0.4, -0.2) is 21.0 Å². The number of nitrogens with zero attached hydrogens (tertiary/aromatic N) is 2. The minimum atomic E-state index is -0.962. The molecule has 0 amide bonds. The average molecular weight is 473 g/mol. The number of carboxylic acids is 1. The summed E-state index contributed by atoms with van der Waals surface area (Å²) in [5.74, 6) is -0.548. The van der Waals surface area contributed by atoms with E-state index >= 15 is 0 Å². The summed E-state index contributed by atoms with van der Waals surface area (Å²) >= 11 is 8.30. The Morgan fingerprint density at radius 2 is 1.88 bits per heavy atom. The van der Waals surface area contributed by atoms with Crippen molar-refractivity contribution in [1.82, 2.24) is 9.97 Å². The van der Waals surface area contributed by atoms with Gasteiger partial charge in [-0.15, -0.1) is 11.3 Å². The number of carbonyl (C=O) groups is 1. The summed E-state index contributed by atoms with van der Waals surface area (Å²) in [5, 5.41) is 9.58. The summed E-state index contributed by atoms with van der Waals surface area (Å²) < 4.78 is 1.15. The second-order valence-corrected chi connectivity index (χ2v) is 9.39. The summed E-state index contributed by atoms with van der Waals surface area (Å²) in [7, 11) is 0. The second-order valence-electron chi connectivity index (χ2n) is 8.10. The van der Waals surface area contributed by atoms with Crippen LogP contribution in [0.2, 0.25) is 5.02 Å². The van der Waals surface area contributed by atoms with E-state index < -0.39 is 5.97 Å². The predicted octanol–water partition coefficient (Wildman–Crippen LogP) is 7.20. The Labute approximate surface area is 200 Å². The van der Waals surface area contributed by atoms with Gasteiger partial charge in [-0.05, 0) is 70.9 Å². The number of hydrogen-bond donors (Lipinski definition) is 1. The van der Waals surface area contributed by atoms with Crippen LogP contribution in [0.4, 0.5) is 0 Å². The van der Waals surface area contributed by atoms with Gasteiger partial charge in [-0.25, -0.2) is 9.78 Å². The van der Waals surface area contributed by atoms with Crippen molar-refractivity contribution in [1.29, 1.82) is 0 Å². The zero-order chi connectivity index (χ0) is 22.8. The molecule has 1 aliphatic rings. The molecule has 4 nitrogen and oxygen atoms in total. The minimum Gasteiger partial charge on any atom is -0.478 e. The largest absolute Gasteiger partial charge is 0.478 e. The Hall–Kier alpha value is -3.28. The van der Waals surface area contributed by atoms with Crippen molar-refractivity contribution in [2.45, 2.75) is 19.3 Å². The van der Waals surface area contributed by atoms with Crippen molar-refractivity contribution in [3.05, 3.63) is 99.8 Å². The fourth-order valence-electron chi connectivity index (χ4n) is 4.27. The van der Waals surface area contributed by atoms with Gasteiger partial charge in [0.05, 0.1) is 20.7 Å². The summed E-state index contributed by atoms with van der Waals surface area (Å²) in [6, 6.07) is 16.4. The first kappa shape index (κ1) is 21.6. The Balaban J connectivity index is 1.74. The number of pyridine rings is 1. The van der Waals surface area contributed by atoms with E-state index in [1.165, 1.54) is 12.0 Å². The quantitative estimate of drug-likeness (QED) is 0.301. The standard InChI is InChI=1S/C27H21ClN2O2S/c28-22-15-29-13-12-21(22)27(18-2-1-3-18)26(20-9-10-24-23(14-20)30-16-33-24)19-7-4-17(5-8-19)6-11-25(31)32/h4-16,18H,1-3H2,(H,31,32). The van der Waals surface area contributed by atoms with Crippen molar-refractivity contribution in [3.8, 4) is 0 Å². The topological polar surface area (TPSA) is 63.1 Å². The average Bonchev–Trinajstić information content (AvgIpc) is 3.25. The van der Waals surface area contributed by atoms with Crippen LogP contribution >= 0.6 is 22.9 Å². The van der Waals surface area contributed by atoms with Crippen LogP contribution in [-0.2, 0) is 4.79 Å². The predicted molar refractivity (Wildman–Crippen MR) is 135 cm³/mol. The minimum absolute atomic E-state index is 0.414. The summed E-state index contributed by atoms with van der Waals surface area (Å²) in [6.07, 6.45) is 9.69. The lowest BCUT2D eigenvalue weighted by atomic mass is 9.73. The highest BCUT2D eigenvalue weighted by Gasteiger charge is 2.28. The molecular weight excluding hydrogens is 452 g/mol. The molecule has 1 N–H and O–H groups in total. The van der Waals surface area contributed by atoms with E-state index in [9.17, 15) is 4.79 Å². The number of fused-ring (bicyclic) bond motifs is 1. The van der Waals surface area contributed by atoms with Gasteiger partial charge in [0.15, 0.2) is 0 Å². The fourth-order valence-corrected chi connectivity index (χ4v) is 5.15. The van der Waals surface area contributed by atoms with Gasteiger partial charge in [-0.2, -0.15) is 0 Å². The van der Waals surface area contributed by atoms with E-state index in [1.807, 2.05) is 23.7 Å². The number of allylic oxidation sites excluding steroid dienone is 1. The molecule has 0 bridgehead atoms. The molecule has 0 unspecified atom stereocenters. The van der Waals surface area contributed by atoms with Crippen LogP contribution in [0.15, 0.2) is 72.5 Å². The van der Waals surface area contributed by atoms with Gasteiger partial charge >= 0.3 is 5.97 Å². The van der Waals surface area contributed by atoms with Gasteiger partial charge in [0.2, 0.25) is 0 Å². The van der Waals surface area contributed by atoms with Crippen LogP contribution in [0, 0.1) is 5.92 Å². The van der Waals surface area contributed by atoms with Crippen molar-refractivity contribution >= 4 is 56.3 Å². The lowest BCUT2D eigenvalue weighted by molar-refractivity contribution is -0.131. The molecule has 2 aromatic heterocycles. The first-order chi connectivity index (χ1) is 16.1. The highest BCUT2D eigenvalue weighted by Crippen LogP contribution is 2.46. The molecule has 0 atom stereocenters. The van der Waals surface area contributed by atoms with E-state index in [1.54, 1.807) is 29.8 Å². The number of benzene rings is 2. The van der Waals surface area contributed by atoms with Gasteiger partial charge < -0.3 is 5.11 Å². The van der Waals surface area contributed by atoms with Gasteiger partial charge in [0.25, 0.3) is 0 Å². The van der Waals surface area contributed by atoms with E-state index in [-0.39, 0.29) is 0 Å². The molecular formula is C27H21ClN2O2S. The Kier molecular flexibility index (Phi) is 6.07. The lowest BCUT2D eigenvalue weighted by Crippen LogP contribution is -2.15. The zero-order valence-electron chi connectivity index (χ0n) is 17.7. The number of halogens is 1. The van der Waals surface area contributed by atoms with Gasteiger partial charge in [-0.3, -0.25) is 4.98 Å².